The van der Waals surface area contributed by atoms with Crippen molar-refractivity contribution >= 4 is 23.3 Å². The molecule has 0 saturated heterocycles. The van der Waals surface area contributed by atoms with Crippen molar-refractivity contribution in [3.63, 3.8) is 0 Å². The summed E-state index contributed by atoms with van der Waals surface area (Å²) < 4.78 is 5.42. The van der Waals surface area contributed by atoms with Crippen molar-refractivity contribution in [3.05, 3.63) is 58.2 Å². The number of allylic oxidation sites excluding steroid dienone is 1. The molecule has 0 radical (unpaired) electrons. The summed E-state index contributed by atoms with van der Waals surface area (Å²) in [6, 6.07) is 7.37. The maximum Gasteiger partial charge on any atom is 0.321 e. The van der Waals surface area contributed by atoms with E-state index in [4.69, 9.17) is 4.42 Å². The molecule has 3 N–H and O–H groups in total. The molecule has 0 aliphatic heterocycles. The fourth-order valence-electron chi connectivity index (χ4n) is 3.42. The van der Waals surface area contributed by atoms with Crippen LogP contribution in [0.2, 0.25) is 0 Å². The molecule has 6 nitrogen and oxygen atoms in total. The lowest BCUT2D eigenvalue weighted by atomic mass is 9.97. The van der Waals surface area contributed by atoms with Gasteiger partial charge in [-0.15, -0.1) is 11.3 Å². The van der Waals surface area contributed by atoms with E-state index >= 15 is 0 Å². The van der Waals surface area contributed by atoms with Crippen LogP contribution < -0.4 is 15.5 Å². The molecule has 3 amide bonds. The number of carbonyl (C=O) groups excluding carboxylic acids is 2. The molecule has 28 heavy (non-hydrogen) atoms. The second kappa shape index (κ2) is 10.8. The van der Waals surface area contributed by atoms with Gasteiger partial charge in [0.2, 0.25) is 0 Å². The quantitative estimate of drug-likeness (QED) is 0.565. The number of imide groups is 1. The second-order valence-corrected chi connectivity index (χ2v) is 8.13. The first-order valence-corrected chi connectivity index (χ1v) is 10.7. The largest absolute Gasteiger partial charge is 0.463 e. The van der Waals surface area contributed by atoms with E-state index < -0.39 is 6.03 Å². The molecule has 0 bridgehead atoms. The predicted molar refractivity (Wildman–Crippen MR) is 109 cm³/mol. The maximum atomic E-state index is 12.4. The third-order valence-corrected chi connectivity index (χ3v) is 5.67. The number of urea groups is 1. The third-order valence-electron chi connectivity index (χ3n) is 4.79. The van der Waals surface area contributed by atoms with Crippen LogP contribution in [0.25, 0.3) is 0 Å². The van der Waals surface area contributed by atoms with E-state index in [1.54, 1.807) is 17.6 Å². The van der Waals surface area contributed by atoms with Gasteiger partial charge in [-0.1, -0.05) is 17.7 Å². The number of thiophene rings is 1. The average molecular weight is 403 g/mol. The van der Waals surface area contributed by atoms with Crippen LogP contribution in [0.4, 0.5) is 4.79 Å². The Labute approximate surface area is 169 Å². The average Bonchev–Trinajstić information content (AvgIpc) is 3.36. The molecule has 7 heteroatoms. The van der Waals surface area contributed by atoms with Crippen LogP contribution >= 0.6 is 11.3 Å². The Morgan fingerprint density at radius 2 is 2.11 bits per heavy atom. The second-order valence-electron chi connectivity index (χ2n) is 7.10. The molecular formula is C21H28N3O3S+. The molecule has 0 saturated carbocycles. The molecule has 1 aliphatic rings. The summed E-state index contributed by atoms with van der Waals surface area (Å²) in [4.78, 5) is 26.6. The maximum absolute atomic E-state index is 12.4. The normalized spacial score (nSPS) is 14.9. The van der Waals surface area contributed by atoms with Crippen LogP contribution in [-0.4, -0.2) is 25.0 Å². The third kappa shape index (κ3) is 6.98. The number of hydrogen-bond donors (Lipinski definition) is 3. The SMILES string of the molecule is O=C(C[NH+](Cc1ccco1)Cc1cccs1)NC(=O)NCCC1=CCCCC1. The fraction of sp³-hybridized carbons (Fsp3) is 0.429. The van der Waals surface area contributed by atoms with Gasteiger partial charge in [0.05, 0.1) is 11.1 Å². The topological polar surface area (TPSA) is 75.8 Å². The Bertz CT molecular complexity index is 733. The van der Waals surface area contributed by atoms with Gasteiger partial charge in [-0.05, 0) is 55.7 Å². The number of furan rings is 1. The number of amides is 3. The van der Waals surface area contributed by atoms with E-state index in [2.05, 4.69) is 22.8 Å². The summed E-state index contributed by atoms with van der Waals surface area (Å²) >= 11 is 1.66. The zero-order chi connectivity index (χ0) is 19.6. The minimum absolute atomic E-state index is 0.206. The summed E-state index contributed by atoms with van der Waals surface area (Å²) in [5.41, 5.74) is 1.41. The number of rotatable bonds is 9. The Morgan fingerprint density at radius 3 is 2.82 bits per heavy atom. The Balaban J connectivity index is 1.44. The lowest BCUT2D eigenvalue weighted by molar-refractivity contribution is -0.920. The molecule has 1 aliphatic carbocycles. The van der Waals surface area contributed by atoms with Gasteiger partial charge in [0, 0.05) is 6.54 Å². The first-order valence-electron chi connectivity index (χ1n) is 9.83. The molecule has 1 atom stereocenters. The van der Waals surface area contributed by atoms with Crippen molar-refractivity contribution in [1.82, 2.24) is 10.6 Å². The molecule has 0 spiro atoms. The van der Waals surface area contributed by atoms with Crippen LogP contribution in [0.1, 0.15) is 42.7 Å². The van der Waals surface area contributed by atoms with Gasteiger partial charge in [0.25, 0.3) is 5.91 Å². The van der Waals surface area contributed by atoms with E-state index in [-0.39, 0.29) is 12.5 Å². The Hall–Kier alpha value is -2.38. The molecule has 0 aromatic carbocycles. The number of quaternary nitrogens is 1. The zero-order valence-electron chi connectivity index (χ0n) is 16.0. The van der Waals surface area contributed by atoms with E-state index in [0.29, 0.717) is 19.6 Å². The molecule has 1 unspecified atom stereocenters. The minimum Gasteiger partial charge on any atom is -0.463 e. The van der Waals surface area contributed by atoms with Crippen molar-refractivity contribution in [3.8, 4) is 0 Å². The van der Waals surface area contributed by atoms with E-state index in [1.807, 2.05) is 23.6 Å². The van der Waals surface area contributed by atoms with Gasteiger partial charge in [0.1, 0.15) is 13.1 Å². The van der Waals surface area contributed by atoms with E-state index in [1.165, 1.54) is 23.3 Å². The van der Waals surface area contributed by atoms with Gasteiger partial charge >= 0.3 is 6.03 Å². The molecule has 2 aromatic heterocycles. The Kier molecular flexibility index (Phi) is 7.87. The highest BCUT2D eigenvalue weighted by Gasteiger charge is 2.19. The number of hydrogen-bond acceptors (Lipinski definition) is 4. The first kappa shape index (κ1) is 20.4. The van der Waals surface area contributed by atoms with Crippen LogP contribution in [0.5, 0.6) is 0 Å². The highest BCUT2D eigenvalue weighted by Crippen LogP contribution is 2.19. The van der Waals surface area contributed by atoms with Crippen molar-refractivity contribution in [1.29, 1.82) is 0 Å². The van der Waals surface area contributed by atoms with Gasteiger partial charge in [-0.2, -0.15) is 0 Å². The van der Waals surface area contributed by atoms with Crippen LogP contribution in [0, 0.1) is 0 Å². The summed E-state index contributed by atoms with van der Waals surface area (Å²) in [6.07, 6.45) is 9.51. The monoisotopic (exact) mass is 402 g/mol. The number of nitrogens with one attached hydrogen (secondary N) is 3. The van der Waals surface area contributed by atoms with Gasteiger partial charge in [-0.3, -0.25) is 10.1 Å². The summed E-state index contributed by atoms with van der Waals surface area (Å²) in [7, 11) is 0. The van der Waals surface area contributed by atoms with Gasteiger partial charge < -0.3 is 14.6 Å². The van der Waals surface area contributed by atoms with E-state index in [0.717, 1.165) is 29.9 Å². The standard InChI is InChI=1S/C21H27N3O3S/c25-20(23-21(26)22-11-10-17-6-2-1-3-7-17)16-24(14-18-8-4-12-27-18)15-19-9-5-13-28-19/h4-6,8-9,12-13H,1-3,7,10-11,14-16H2,(H2,22,23,25,26)/p+1. The number of carbonyl (C=O) groups is 2. The van der Waals surface area contributed by atoms with Crippen molar-refractivity contribution in [2.24, 2.45) is 0 Å². The van der Waals surface area contributed by atoms with Gasteiger partial charge in [0.15, 0.2) is 12.3 Å². The van der Waals surface area contributed by atoms with Crippen molar-refractivity contribution in [2.75, 3.05) is 13.1 Å². The smallest absolute Gasteiger partial charge is 0.321 e. The molecule has 2 heterocycles. The molecule has 3 rings (SSSR count). The summed E-state index contributed by atoms with van der Waals surface area (Å²) in [6.45, 7) is 2.07. The first-order chi connectivity index (χ1) is 13.7. The summed E-state index contributed by atoms with van der Waals surface area (Å²) in [5, 5.41) is 7.26. The molecule has 2 aromatic rings. The molecule has 0 fully saturated rings. The fourth-order valence-corrected chi connectivity index (χ4v) is 4.19. The predicted octanol–water partition coefficient (Wildman–Crippen LogP) is 2.64. The molecule has 150 valence electrons. The van der Waals surface area contributed by atoms with Gasteiger partial charge in [-0.25, -0.2) is 4.79 Å². The lowest BCUT2D eigenvalue weighted by Crippen LogP contribution is -3.10. The zero-order valence-corrected chi connectivity index (χ0v) is 16.9. The van der Waals surface area contributed by atoms with E-state index in [9.17, 15) is 9.59 Å². The Morgan fingerprint density at radius 1 is 1.18 bits per heavy atom. The van der Waals surface area contributed by atoms with Crippen LogP contribution in [0.15, 0.2) is 52.0 Å². The lowest BCUT2D eigenvalue weighted by Gasteiger charge is -2.17. The summed E-state index contributed by atoms with van der Waals surface area (Å²) in [5.74, 6) is 0.539. The highest BCUT2D eigenvalue weighted by atomic mass is 32.1. The van der Waals surface area contributed by atoms with Crippen LogP contribution in [0.3, 0.4) is 0 Å². The van der Waals surface area contributed by atoms with Crippen molar-refractivity contribution < 1.29 is 18.9 Å². The van der Waals surface area contributed by atoms with Crippen molar-refractivity contribution in [2.45, 2.75) is 45.2 Å². The minimum atomic E-state index is -0.421. The highest BCUT2D eigenvalue weighted by molar-refractivity contribution is 7.09. The van der Waals surface area contributed by atoms with Crippen LogP contribution in [-0.2, 0) is 17.9 Å². The molecular weight excluding hydrogens is 374 g/mol.